The van der Waals surface area contributed by atoms with E-state index in [1.165, 1.54) is 0 Å². The highest BCUT2D eigenvalue weighted by molar-refractivity contribution is 6.30. The summed E-state index contributed by atoms with van der Waals surface area (Å²) in [5.74, 6) is 0.393. The molecular weight excluding hydrogens is 322 g/mol. The zero-order valence-corrected chi connectivity index (χ0v) is 14.8. The quantitative estimate of drug-likeness (QED) is 0.559. The van der Waals surface area contributed by atoms with E-state index in [1.54, 1.807) is 0 Å². The number of likely N-dealkylation sites (tertiary alicyclic amines) is 1. The van der Waals surface area contributed by atoms with E-state index in [0.717, 1.165) is 37.5 Å². The van der Waals surface area contributed by atoms with E-state index in [-0.39, 0.29) is 18.0 Å². The Bertz CT molecular complexity index is 638. The summed E-state index contributed by atoms with van der Waals surface area (Å²) in [6.45, 7) is 5.80. The molecule has 1 aromatic rings. The molecule has 3 rings (SSSR count). The molecule has 24 heavy (non-hydrogen) atoms. The number of aldehydes is 1. The predicted octanol–water partition coefficient (Wildman–Crippen LogP) is 4.56. The van der Waals surface area contributed by atoms with Crippen LogP contribution in [-0.2, 0) is 9.59 Å². The highest BCUT2D eigenvalue weighted by Gasteiger charge is 2.49. The lowest BCUT2D eigenvalue weighted by atomic mass is 9.74. The lowest BCUT2D eigenvalue weighted by Crippen LogP contribution is -2.54. The Morgan fingerprint density at radius 1 is 1.33 bits per heavy atom. The molecule has 0 radical (unpaired) electrons. The molecule has 1 aliphatic heterocycles. The van der Waals surface area contributed by atoms with Crippen molar-refractivity contribution in [2.24, 2.45) is 11.3 Å². The normalized spacial score (nSPS) is 28.5. The van der Waals surface area contributed by atoms with Crippen molar-refractivity contribution in [2.45, 2.75) is 51.1 Å². The van der Waals surface area contributed by atoms with Gasteiger partial charge in [-0.25, -0.2) is 0 Å². The highest BCUT2D eigenvalue weighted by Crippen LogP contribution is 2.47. The Hall–Kier alpha value is -1.61. The van der Waals surface area contributed by atoms with Gasteiger partial charge in [0.15, 0.2) is 0 Å². The molecule has 0 N–H and O–H groups in total. The van der Waals surface area contributed by atoms with E-state index in [4.69, 9.17) is 11.6 Å². The minimum Gasteiger partial charge on any atom is -0.325 e. The second-order valence-corrected chi connectivity index (χ2v) is 7.77. The molecule has 1 heterocycles. The maximum atomic E-state index is 13.3. The summed E-state index contributed by atoms with van der Waals surface area (Å²) in [5.41, 5.74) is 0.599. The average molecular weight is 346 g/mol. The molecule has 1 saturated carbocycles. The molecule has 4 heteroatoms. The second kappa shape index (κ2) is 6.72. The van der Waals surface area contributed by atoms with Gasteiger partial charge in [-0.15, -0.1) is 6.58 Å². The molecule has 1 aromatic carbocycles. The molecule has 0 spiro atoms. The van der Waals surface area contributed by atoms with Crippen LogP contribution in [0.25, 0.3) is 0 Å². The summed E-state index contributed by atoms with van der Waals surface area (Å²) in [6, 6.07) is 7.27. The topological polar surface area (TPSA) is 37.4 Å². The molecule has 0 aromatic heterocycles. The van der Waals surface area contributed by atoms with Crippen molar-refractivity contribution in [3.8, 4) is 0 Å². The van der Waals surface area contributed by atoms with Crippen molar-refractivity contribution < 1.29 is 9.59 Å². The first-order valence-electron chi connectivity index (χ1n) is 8.64. The van der Waals surface area contributed by atoms with Crippen molar-refractivity contribution >= 4 is 23.8 Å². The summed E-state index contributed by atoms with van der Waals surface area (Å²) in [4.78, 5) is 27.0. The molecule has 2 fully saturated rings. The fourth-order valence-corrected chi connectivity index (χ4v) is 3.99. The van der Waals surface area contributed by atoms with Crippen LogP contribution in [0.5, 0.6) is 0 Å². The second-order valence-electron chi connectivity index (χ2n) is 7.34. The first-order valence-corrected chi connectivity index (χ1v) is 9.02. The maximum Gasteiger partial charge on any atom is 0.229 e. The van der Waals surface area contributed by atoms with Crippen molar-refractivity contribution in [1.29, 1.82) is 0 Å². The van der Waals surface area contributed by atoms with Crippen LogP contribution in [0.1, 0.15) is 50.6 Å². The van der Waals surface area contributed by atoms with Gasteiger partial charge in [0.2, 0.25) is 5.91 Å². The number of allylic oxidation sites excluding steroid dienone is 1. The standard InChI is InChI=1S/C20H24ClNO2/c1-3-11-20(2)12-10-17(14-6-8-16(21)9-7-14)22(19(20)24)18(13-23)15-4-5-15/h3,6-9,13,15,17-18H,1,4-5,10-12H2,2H3/t17-,18?,20-/m0/s1. The van der Waals surface area contributed by atoms with E-state index >= 15 is 0 Å². The zero-order chi connectivity index (χ0) is 17.3. The van der Waals surface area contributed by atoms with Crippen LogP contribution >= 0.6 is 11.6 Å². The molecule has 3 nitrogen and oxygen atoms in total. The number of hydrogen-bond acceptors (Lipinski definition) is 2. The molecule has 1 saturated heterocycles. The monoisotopic (exact) mass is 345 g/mol. The first kappa shape index (κ1) is 17.2. The molecule has 1 aliphatic carbocycles. The molecule has 128 valence electrons. The Labute approximate surface area is 148 Å². The smallest absolute Gasteiger partial charge is 0.229 e. The van der Waals surface area contributed by atoms with Gasteiger partial charge < -0.3 is 9.69 Å². The number of nitrogens with zero attached hydrogens (tertiary/aromatic N) is 1. The fraction of sp³-hybridized carbons (Fsp3) is 0.500. The van der Waals surface area contributed by atoms with Gasteiger partial charge in [0, 0.05) is 5.02 Å². The van der Waals surface area contributed by atoms with Crippen LogP contribution in [0.2, 0.25) is 5.02 Å². The van der Waals surface area contributed by atoms with Crippen molar-refractivity contribution in [3.05, 3.63) is 47.5 Å². The Morgan fingerprint density at radius 3 is 2.54 bits per heavy atom. The van der Waals surface area contributed by atoms with Crippen molar-refractivity contribution in [2.75, 3.05) is 0 Å². The SMILES string of the molecule is C=CC[C@@]1(C)CC[C@@H](c2ccc(Cl)cc2)N(C(C=O)C2CC2)C1=O. The lowest BCUT2D eigenvalue weighted by Gasteiger charge is -2.47. The van der Waals surface area contributed by atoms with Gasteiger partial charge in [0.25, 0.3) is 0 Å². The van der Waals surface area contributed by atoms with Crippen LogP contribution in [0, 0.1) is 11.3 Å². The summed E-state index contributed by atoms with van der Waals surface area (Å²) in [7, 11) is 0. The highest BCUT2D eigenvalue weighted by atomic mass is 35.5. The number of halogens is 1. The minimum absolute atomic E-state index is 0.0524. The number of carbonyl (C=O) groups is 2. The third-order valence-electron chi connectivity index (χ3n) is 5.47. The van der Waals surface area contributed by atoms with Gasteiger partial charge in [-0.3, -0.25) is 4.79 Å². The van der Waals surface area contributed by atoms with Crippen LogP contribution in [-0.4, -0.2) is 23.1 Å². The van der Waals surface area contributed by atoms with Crippen LogP contribution in [0.15, 0.2) is 36.9 Å². The van der Waals surface area contributed by atoms with Gasteiger partial charge in [-0.05, 0) is 55.7 Å². The largest absolute Gasteiger partial charge is 0.325 e. The summed E-state index contributed by atoms with van der Waals surface area (Å²) < 4.78 is 0. The fourth-order valence-electron chi connectivity index (χ4n) is 3.86. The molecular formula is C20H24ClNO2. The minimum atomic E-state index is -0.458. The van der Waals surface area contributed by atoms with Gasteiger partial charge in [0.05, 0.1) is 17.5 Å². The number of rotatable bonds is 6. The Morgan fingerprint density at radius 2 is 2.00 bits per heavy atom. The number of benzene rings is 1. The third kappa shape index (κ3) is 3.14. The Kier molecular flexibility index (Phi) is 4.82. The zero-order valence-electron chi connectivity index (χ0n) is 14.1. The molecule has 3 atom stereocenters. The predicted molar refractivity (Wildman–Crippen MR) is 95.8 cm³/mol. The number of hydrogen-bond donors (Lipinski definition) is 0. The first-order chi connectivity index (χ1) is 11.5. The average Bonchev–Trinajstić information content (AvgIpc) is 3.39. The van der Waals surface area contributed by atoms with Crippen molar-refractivity contribution in [3.63, 3.8) is 0 Å². The van der Waals surface area contributed by atoms with E-state index in [9.17, 15) is 9.59 Å². The molecule has 1 amide bonds. The van der Waals surface area contributed by atoms with Crippen LogP contribution in [0.4, 0.5) is 0 Å². The van der Waals surface area contributed by atoms with Gasteiger partial charge in [0.1, 0.15) is 6.29 Å². The van der Waals surface area contributed by atoms with Crippen LogP contribution in [0.3, 0.4) is 0 Å². The maximum absolute atomic E-state index is 13.3. The lowest BCUT2D eigenvalue weighted by molar-refractivity contribution is -0.155. The van der Waals surface area contributed by atoms with E-state index in [0.29, 0.717) is 17.4 Å². The van der Waals surface area contributed by atoms with Gasteiger partial charge in [-0.1, -0.05) is 36.7 Å². The third-order valence-corrected chi connectivity index (χ3v) is 5.72. The summed E-state index contributed by atoms with van der Waals surface area (Å²) >= 11 is 6.00. The van der Waals surface area contributed by atoms with Crippen LogP contribution < -0.4 is 0 Å². The molecule has 2 aliphatic rings. The number of carbonyl (C=O) groups excluding carboxylic acids is 2. The van der Waals surface area contributed by atoms with Gasteiger partial charge >= 0.3 is 0 Å². The van der Waals surface area contributed by atoms with Gasteiger partial charge in [-0.2, -0.15) is 0 Å². The number of piperidine rings is 1. The molecule has 1 unspecified atom stereocenters. The van der Waals surface area contributed by atoms with E-state index in [2.05, 4.69) is 6.58 Å². The van der Waals surface area contributed by atoms with E-state index in [1.807, 2.05) is 42.2 Å². The Balaban J connectivity index is 1.97. The van der Waals surface area contributed by atoms with Crippen molar-refractivity contribution in [1.82, 2.24) is 4.90 Å². The summed E-state index contributed by atoms with van der Waals surface area (Å²) in [5, 5.41) is 0.679. The van der Waals surface area contributed by atoms with E-state index < -0.39 is 5.41 Å². The number of amides is 1. The summed E-state index contributed by atoms with van der Waals surface area (Å²) in [6.07, 6.45) is 7.14. The molecule has 0 bridgehead atoms.